The summed E-state index contributed by atoms with van der Waals surface area (Å²) in [4.78, 5) is 4.31. The van der Waals surface area contributed by atoms with E-state index in [0.29, 0.717) is 18.3 Å². The number of aromatic hydroxyl groups is 1. The van der Waals surface area contributed by atoms with Crippen LogP contribution in [0.25, 0.3) is 0 Å². The molecule has 1 atom stereocenters. The fraction of sp³-hybridized carbons (Fsp3) is 0.545. The Hall–Kier alpha value is -0.740. The summed E-state index contributed by atoms with van der Waals surface area (Å²) in [5.41, 5.74) is 1.71. The second-order valence-electron chi connectivity index (χ2n) is 3.86. The number of hydrogen-bond acceptors (Lipinski definition) is 4. The van der Waals surface area contributed by atoms with E-state index in [-0.39, 0.29) is 0 Å². The van der Waals surface area contributed by atoms with Gasteiger partial charge in [-0.2, -0.15) is 11.8 Å². The van der Waals surface area contributed by atoms with Gasteiger partial charge in [-0.25, -0.2) is 0 Å². The van der Waals surface area contributed by atoms with Crippen molar-refractivity contribution in [3.8, 4) is 5.75 Å². The lowest BCUT2D eigenvalue weighted by atomic mass is 10.2. The molecular weight excluding hydrogens is 208 g/mol. The Morgan fingerprint density at radius 2 is 2.47 bits per heavy atom. The molecule has 0 amide bonds. The highest BCUT2D eigenvalue weighted by molar-refractivity contribution is 7.99. The lowest BCUT2D eigenvalue weighted by molar-refractivity contribution is 0.453. The minimum absolute atomic E-state index is 0.291. The summed E-state index contributed by atoms with van der Waals surface area (Å²) in [5.74, 6) is 2.70. The molecule has 0 saturated carbocycles. The summed E-state index contributed by atoms with van der Waals surface area (Å²) in [6, 6.07) is 4.12. The van der Waals surface area contributed by atoms with E-state index in [1.807, 2.05) is 24.8 Å². The van der Waals surface area contributed by atoms with Gasteiger partial charge in [-0.05, 0) is 31.2 Å². The largest absolute Gasteiger partial charge is 0.506 e. The van der Waals surface area contributed by atoms with E-state index in [9.17, 15) is 5.11 Å². The normalized spacial score (nSPS) is 20.7. The molecule has 2 rings (SSSR count). The molecule has 4 heteroatoms. The fourth-order valence-corrected chi connectivity index (χ4v) is 2.86. The highest BCUT2D eigenvalue weighted by Crippen LogP contribution is 2.19. The number of aromatic nitrogens is 1. The van der Waals surface area contributed by atoms with Gasteiger partial charge in [0.1, 0.15) is 5.75 Å². The summed E-state index contributed by atoms with van der Waals surface area (Å²) in [6.07, 6.45) is 1.22. The predicted octanol–water partition coefficient (Wildman–Crippen LogP) is 1.69. The van der Waals surface area contributed by atoms with Gasteiger partial charge in [-0.15, -0.1) is 0 Å². The molecular formula is C11H16N2OS. The van der Waals surface area contributed by atoms with E-state index >= 15 is 0 Å². The van der Waals surface area contributed by atoms with Crippen LogP contribution in [-0.2, 0) is 6.54 Å². The number of pyridine rings is 1. The van der Waals surface area contributed by atoms with Crippen molar-refractivity contribution in [2.45, 2.75) is 25.9 Å². The number of nitrogens with zero attached hydrogens (tertiary/aromatic N) is 1. The molecule has 0 aromatic carbocycles. The number of aryl methyl sites for hydroxylation is 1. The maximum Gasteiger partial charge on any atom is 0.138 e. The van der Waals surface area contributed by atoms with Crippen molar-refractivity contribution in [2.24, 2.45) is 0 Å². The smallest absolute Gasteiger partial charge is 0.138 e. The highest BCUT2D eigenvalue weighted by atomic mass is 32.2. The molecule has 1 saturated heterocycles. The summed E-state index contributed by atoms with van der Waals surface area (Å²) >= 11 is 1.98. The second-order valence-corrected chi connectivity index (χ2v) is 5.01. The third-order valence-electron chi connectivity index (χ3n) is 2.58. The third kappa shape index (κ3) is 2.86. The fourth-order valence-electron chi connectivity index (χ4n) is 1.67. The Labute approximate surface area is 94.3 Å². The van der Waals surface area contributed by atoms with E-state index in [1.54, 1.807) is 6.07 Å². The molecule has 0 aliphatic carbocycles. The Morgan fingerprint density at radius 3 is 3.20 bits per heavy atom. The van der Waals surface area contributed by atoms with Gasteiger partial charge in [-0.1, -0.05) is 0 Å². The van der Waals surface area contributed by atoms with Crippen LogP contribution in [0.1, 0.15) is 17.8 Å². The molecule has 1 aliphatic heterocycles. The zero-order chi connectivity index (χ0) is 10.7. The molecule has 1 aromatic rings. The standard InChI is InChI=1S/C11H16N2OS/c1-8-2-3-11(14)10(13-8)6-12-9-4-5-15-7-9/h2-3,9,12,14H,4-7H2,1H3. The first kappa shape index (κ1) is 10.8. The van der Waals surface area contributed by atoms with Crippen molar-refractivity contribution in [1.29, 1.82) is 0 Å². The van der Waals surface area contributed by atoms with Gasteiger partial charge >= 0.3 is 0 Å². The van der Waals surface area contributed by atoms with Gasteiger partial charge < -0.3 is 10.4 Å². The third-order valence-corrected chi connectivity index (χ3v) is 3.74. The lowest BCUT2D eigenvalue weighted by Gasteiger charge is -2.11. The Bertz CT molecular complexity index is 337. The molecule has 2 N–H and O–H groups in total. The van der Waals surface area contributed by atoms with Crippen LogP contribution in [0.3, 0.4) is 0 Å². The van der Waals surface area contributed by atoms with E-state index < -0.39 is 0 Å². The predicted molar refractivity (Wildman–Crippen MR) is 63.2 cm³/mol. The average Bonchev–Trinajstić information content (AvgIpc) is 2.72. The second kappa shape index (κ2) is 4.86. The highest BCUT2D eigenvalue weighted by Gasteiger charge is 2.15. The van der Waals surface area contributed by atoms with Crippen LogP contribution < -0.4 is 5.32 Å². The Morgan fingerprint density at radius 1 is 1.60 bits per heavy atom. The summed E-state index contributed by atoms with van der Waals surface area (Å²) in [6.45, 7) is 2.60. The van der Waals surface area contributed by atoms with Crippen molar-refractivity contribution >= 4 is 11.8 Å². The maximum atomic E-state index is 9.60. The van der Waals surface area contributed by atoms with E-state index in [2.05, 4.69) is 10.3 Å². The zero-order valence-electron chi connectivity index (χ0n) is 8.86. The first-order chi connectivity index (χ1) is 7.25. The first-order valence-corrected chi connectivity index (χ1v) is 6.38. The van der Waals surface area contributed by atoms with E-state index in [0.717, 1.165) is 11.4 Å². The number of thioether (sulfide) groups is 1. The summed E-state index contributed by atoms with van der Waals surface area (Å²) in [5, 5.41) is 13.0. The van der Waals surface area contributed by atoms with Crippen molar-refractivity contribution < 1.29 is 5.11 Å². The monoisotopic (exact) mass is 224 g/mol. The van der Waals surface area contributed by atoms with E-state index in [4.69, 9.17) is 0 Å². The number of nitrogens with one attached hydrogen (secondary N) is 1. The Balaban J connectivity index is 1.94. The van der Waals surface area contributed by atoms with Gasteiger partial charge in [-0.3, -0.25) is 4.98 Å². The van der Waals surface area contributed by atoms with Gasteiger partial charge in [0.2, 0.25) is 0 Å². The Kier molecular flexibility index (Phi) is 3.49. The first-order valence-electron chi connectivity index (χ1n) is 5.22. The van der Waals surface area contributed by atoms with Gasteiger partial charge in [0, 0.05) is 24.0 Å². The molecule has 82 valence electrons. The van der Waals surface area contributed by atoms with Crippen molar-refractivity contribution in [2.75, 3.05) is 11.5 Å². The minimum Gasteiger partial charge on any atom is -0.506 e. The van der Waals surface area contributed by atoms with Crippen LogP contribution >= 0.6 is 11.8 Å². The van der Waals surface area contributed by atoms with Crippen LogP contribution in [0.4, 0.5) is 0 Å². The quantitative estimate of drug-likeness (QED) is 0.820. The summed E-state index contributed by atoms with van der Waals surface area (Å²) in [7, 11) is 0. The molecule has 1 fully saturated rings. The minimum atomic E-state index is 0.291. The van der Waals surface area contributed by atoms with Crippen molar-refractivity contribution in [3.05, 3.63) is 23.5 Å². The molecule has 1 aliphatic rings. The topological polar surface area (TPSA) is 45.1 Å². The van der Waals surface area contributed by atoms with Crippen molar-refractivity contribution in [3.63, 3.8) is 0 Å². The molecule has 0 bridgehead atoms. The molecule has 1 unspecified atom stereocenters. The molecule has 15 heavy (non-hydrogen) atoms. The summed E-state index contributed by atoms with van der Waals surface area (Å²) < 4.78 is 0. The van der Waals surface area contributed by atoms with Crippen LogP contribution in [0, 0.1) is 6.92 Å². The van der Waals surface area contributed by atoms with Crippen LogP contribution in [0.15, 0.2) is 12.1 Å². The van der Waals surface area contributed by atoms with Gasteiger partial charge in [0.25, 0.3) is 0 Å². The molecule has 2 heterocycles. The number of hydrogen-bond donors (Lipinski definition) is 2. The van der Waals surface area contributed by atoms with E-state index in [1.165, 1.54) is 17.9 Å². The molecule has 0 spiro atoms. The number of rotatable bonds is 3. The zero-order valence-corrected chi connectivity index (χ0v) is 9.68. The molecule has 1 aromatic heterocycles. The lowest BCUT2D eigenvalue weighted by Crippen LogP contribution is -2.28. The molecule has 3 nitrogen and oxygen atoms in total. The van der Waals surface area contributed by atoms with Crippen LogP contribution in [0.5, 0.6) is 5.75 Å². The van der Waals surface area contributed by atoms with Gasteiger partial charge in [0.05, 0.1) is 5.69 Å². The van der Waals surface area contributed by atoms with Crippen LogP contribution in [0.2, 0.25) is 0 Å². The van der Waals surface area contributed by atoms with Crippen LogP contribution in [-0.4, -0.2) is 27.6 Å². The average molecular weight is 224 g/mol. The van der Waals surface area contributed by atoms with Crippen molar-refractivity contribution in [1.82, 2.24) is 10.3 Å². The van der Waals surface area contributed by atoms with Gasteiger partial charge in [0.15, 0.2) is 0 Å². The maximum absolute atomic E-state index is 9.60. The molecule has 0 radical (unpaired) electrons. The SMILES string of the molecule is Cc1ccc(O)c(CNC2CCSC2)n1.